The number of thioether (sulfide) groups is 1. The van der Waals surface area contributed by atoms with E-state index in [2.05, 4.69) is 34.9 Å². The van der Waals surface area contributed by atoms with Gasteiger partial charge in [0.2, 0.25) is 5.91 Å². The summed E-state index contributed by atoms with van der Waals surface area (Å²) in [6, 6.07) is 8.92. The third kappa shape index (κ3) is 3.31. The maximum absolute atomic E-state index is 11.8. The number of benzene rings is 1. The minimum atomic E-state index is -0.383. The zero-order valence-corrected chi connectivity index (χ0v) is 12.6. The summed E-state index contributed by atoms with van der Waals surface area (Å²) >= 11 is 1.95. The number of fused-ring (bicyclic) bond motifs is 1. The van der Waals surface area contributed by atoms with Crippen LogP contribution in [0.1, 0.15) is 31.0 Å². The molecule has 1 unspecified atom stereocenters. The van der Waals surface area contributed by atoms with Crippen LogP contribution in [0.25, 0.3) is 0 Å². The lowest BCUT2D eigenvalue weighted by molar-refractivity contribution is -0.128. The molecule has 1 aliphatic rings. The summed E-state index contributed by atoms with van der Waals surface area (Å²) in [5.41, 5.74) is 2.41. The van der Waals surface area contributed by atoms with Crippen molar-refractivity contribution in [1.82, 2.24) is 10.6 Å². The number of hydrogen-bond acceptors (Lipinski definition) is 3. The normalized spacial score (nSPS) is 18.8. The highest BCUT2D eigenvalue weighted by Gasteiger charge is 2.28. The highest BCUT2D eigenvalue weighted by molar-refractivity contribution is 7.98. The third-order valence-electron chi connectivity index (χ3n) is 3.60. The molecule has 0 fully saturated rings. The zero-order valence-electron chi connectivity index (χ0n) is 11.8. The Balaban J connectivity index is 2.04. The monoisotopic (exact) mass is 278 g/mol. The molecule has 0 aromatic heterocycles. The van der Waals surface area contributed by atoms with Gasteiger partial charge < -0.3 is 10.6 Å². The first-order valence-corrected chi connectivity index (χ1v) is 7.81. The van der Waals surface area contributed by atoms with Crippen LogP contribution in [0, 0.1) is 5.41 Å². The first-order chi connectivity index (χ1) is 9.04. The molecule has 19 heavy (non-hydrogen) atoms. The predicted molar refractivity (Wildman–Crippen MR) is 81.2 cm³/mol. The topological polar surface area (TPSA) is 41.1 Å². The smallest absolute Gasteiger partial charge is 0.226 e. The van der Waals surface area contributed by atoms with Crippen LogP contribution < -0.4 is 10.6 Å². The van der Waals surface area contributed by atoms with E-state index in [1.807, 2.05) is 25.6 Å². The molecule has 1 heterocycles. The quantitative estimate of drug-likeness (QED) is 0.888. The molecule has 104 valence electrons. The van der Waals surface area contributed by atoms with Gasteiger partial charge in [-0.2, -0.15) is 11.8 Å². The molecule has 0 bridgehead atoms. The molecule has 1 atom stereocenters. The molecular weight excluding hydrogens is 256 g/mol. The van der Waals surface area contributed by atoms with Crippen molar-refractivity contribution < 1.29 is 4.79 Å². The Morgan fingerprint density at radius 2 is 2.16 bits per heavy atom. The number of carbonyl (C=O) groups is 1. The van der Waals surface area contributed by atoms with E-state index in [4.69, 9.17) is 0 Å². The van der Waals surface area contributed by atoms with E-state index in [1.54, 1.807) is 7.05 Å². The highest BCUT2D eigenvalue weighted by atomic mass is 32.2. The van der Waals surface area contributed by atoms with Gasteiger partial charge in [-0.05, 0) is 25.0 Å². The molecule has 0 aliphatic carbocycles. The SMILES string of the molecule is CNC(=O)C(C)(C)CNC1CSCc2ccccc21. The Labute approximate surface area is 119 Å². The van der Waals surface area contributed by atoms with Gasteiger partial charge in [0.25, 0.3) is 0 Å². The van der Waals surface area contributed by atoms with E-state index >= 15 is 0 Å². The third-order valence-corrected chi connectivity index (χ3v) is 4.69. The van der Waals surface area contributed by atoms with Crippen LogP contribution in [0.5, 0.6) is 0 Å². The second-order valence-corrected chi connectivity index (χ2v) is 6.64. The second-order valence-electron chi connectivity index (χ2n) is 5.61. The Bertz CT molecular complexity index is 459. The molecule has 0 spiro atoms. The summed E-state index contributed by atoms with van der Waals surface area (Å²) in [4.78, 5) is 11.8. The fraction of sp³-hybridized carbons (Fsp3) is 0.533. The molecule has 1 aromatic rings. The lowest BCUT2D eigenvalue weighted by Gasteiger charge is -2.30. The van der Waals surface area contributed by atoms with Crippen molar-refractivity contribution >= 4 is 17.7 Å². The van der Waals surface area contributed by atoms with Crippen LogP contribution in [0.4, 0.5) is 0 Å². The number of rotatable bonds is 4. The van der Waals surface area contributed by atoms with Crippen LogP contribution in [-0.4, -0.2) is 25.3 Å². The van der Waals surface area contributed by atoms with Crippen molar-refractivity contribution in [2.45, 2.75) is 25.6 Å². The summed E-state index contributed by atoms with van der Waals surface area (Å²) in [5.74, 6) is 2.24. The van der Waals surface area contributed by atoms with Gasteiger partial charge in [-0.3, -0.25) is 4.79 Å². The Kier molecular flexibility index (Phi) is 4.53. The predicted octanol–water partition coefficient (Wildman–Crippen LogP) is 2.34. The Morgan fingerprint density at radius 3 is 2.89 bits per heavy atom. The minimum absolute atomic E-state index is 0.0803. The van der Waals surface area contributed by atoms with Gasteiger partial charge in [-0.25, -0.2) is 0 Å². The molecule has 0 saturated heterocycles. The van der Waals surface area contributed by atoms with Crippen molar-refractivity contribution in [3.05, 3.63) is 35.4 Å². The number of hydrogen-bond donors (Lipinski definition) is 2. The van der Waals surface area contributed by atoms with E-state index in [-0.39, 0.29) is 11.3 Å². The van der Waals surface area contributed by atoms with E-state index < -0.39 is 0 Å². The second kappa shape index (κ2) is 5.97. The molecule has 1 aliphatic heterocycles. The van der Waals surface area contributed by atoms with E-state index in [0.717, 1.165) is 11.5 Å². The largest absolute Gasteiger partial charge is 0.359 e. The first kappa shape index (κ1) is 14.4. The maximum Gasteiger partial charge on any atom is 0.226 e. The molecule has 1 amide bonds. The minimum Gasteiger partial charge on any atom is -0.359 e. The standard InChI is InChI=1S/C15H22N2OS/c1-15(2,14(18)16-3)10-17-13-9-19-8-11-6-4-5-7-12(11)13/h4-7,13,17H,8-10H2,1-3H3,(H,16,18). The molecular formula is C15H22N2OS. The fourth-order valence-corrected chi connectivity index (χ4v) is 3.48. The molecule has 0 radical (unpaired) electrons. The van der Waals surface area contributed by atoms with E-state index in [1.165, 1.54) is 11.1 Å². The number of nitrogens with one attached hydrogen (secondary N) is 2. The molecule has 1 aromatic carbocycles. The molecule has 2 rings (SSSR count). The zero-order chi connectivity index (χ0) is 13.9. The summed E-state index contributed by atoms with van der Waals surface area (Å²) in [5, 5.41) is 6.28. The summed E-state index contributed by atoms with van der Waals surface area (Å²) in [7, 11) is 1.69. The maximum atomic E-state index is 11.8. The molecule has 4 heteroatoms. The number of carbonyl (C=O) groups excluding carboxylic acids is 1. The van der Waals surface area contributed by atoms with Crippen LogP contribution in [0.3, 0.4) is 0 Å². The molecule has 0 saturated carbocycles. The van der Waals surface area contributed by atoms with Gasteiger partial charge in [0.05, 0.1) is 5.41 Å². The lowest BCUT2D eigenvalue weighted by Crippen LogP contribution is -2.43. The first-order valence-electron chi connectivity index (χ1n) is 6.66. The van der Waals surface area contributed by atoms with Crippen molar-refractivity contribution in [2.24, 2.45) is 5.41 Å². The van der Waals surface area contributed by atoms with Gasteiger partial charge in [0, 0.05) is 31.1 Å². The van der Waals surface area contributed by atoms with Gasteiger partial charge in [-0.1, -0.05) is 24.3 Å². The summed E-state index contributed by atoms with van der Waals surface area (Å²) in [6.07, 6.45) is 0. The van der Waals surface area contributed by atoms with Crippen molar-refractivity contribution in [2.75, 3.05) is 19.3 Å². The molecule has 2 N–H and O–H groups in total. The summed E-state index contributed by atoms with van der Waals surface area (Å²) in [6.45, 7) is 4.63. The summed E-state index contributed by atoms with van der Waals surface area (Å²) < 4.78 is 0. The van der Waals surface area contributed by atoms with Crippen LogP contribution in [-0.2, 0) is 10.5 Å². The van der Waals surface area contributed by atoms with Crippen molar-refractivity contribution in [3.63, 3.8) is 0 Å². The van der Waals surface area contributed by atoms with Crippen LogP contribution in [0.2, 0.25) is 0 Å². The average Bonchev–Trinajstić information content (AvgIpc) is 2.44. The van der Waals surface area contributed by atoms with Crippen molar-refractivity contribution in [3.8, 4) is 0 Å². The average molecular weight is 278 g/mol. The van der Waals surface area contributed by atoms with Gasteiger partial charge in [0.1, 0.15) is 0 Å². The number of amides is 1. The van der Waals surface area contributed by atoms with Gasteiger partial charge in [-0.15, -0.1) is 0 Å². The Morgan fingerprint density at radius 1 is 1.42 bits per heavy atom. The van der Waals surface area contributed by atoms with Gasteiger partial charge >= 0.3 is 0 Å². The van der Waals surface area contributed by atoms with Crippen LogP contribution in [0.15, 0.2) is 24.3 Å². The Hall–Kier alpha value is -1.00. The lowest BCUT2D eigenvalue weighted by atomic mass is 9.91. The van der Waals surface area contributed by atoms with E-state index in [9.17, 15) is 4.79 Å². The van der Waals surface area contributed by atoms with Gasteiger partial charge in [0.15, 0.2) is 0 Å². The highest BCUT2D eigenvalue weighted by Crippen LogP contribution is 2.31. The fourth-order valence-electron chi connectivity index (χ4n) is 2.35. The van der Waals surface area contributed by atoms with Crippen molar-refractivity contribution in [1.29, 1.82) is 0 Å². The van der Waals surface area contributed by atoms with Crippen LogP contribution >= 0.6 is 11.8 Å². The van der Waals surface area contributed by atoms with E-state index in [0.29, 0.717) is 12.6 Å². The molecule has 3 nitrogen and oxygen atoms in total.